The molecular weight excluding hydrogens is 310 g/mol. The Labute approximate surface area is 145 Å². The molecule has 0 radical (unpaired) electrons. The standard InChI is InChI=1S/C20H17N5/c1-3-13-11(22-5-1)7-15-19-16-8-12-14(4-2-6-23-12)25(16)18-10-21-9-17(20(18)19)24(13)15/h1-5,9-10,15-16,19,23H,6-8H2. The average molecular weight is 327 g/mol. The topological polar surface area (TPSA) is 44.3 Å². The monoisotopic (exact) mass is 327 g/mol. The molecule has 5 nitrogen and oxygen atoms in total. The van der Waals surface area contributed by atoms with Crippen molar-refractivity contribution in [1.82, 2.24) is 15.3 Å². The lowest BCUT2D eigenvalue weighted by Crippen LogP contribution is -2.37. The number of allylic oxidation sites excluding steroid dienone is 1. The van der Waals surface area contributed by atoms with Gasteiger partial charge in [-0.3, -0.25) is 9.97 Å². The summed E-state index contributed by atoms with van der Waals surface area (Å²) >= 11 is 0. The summed E-state index contributed by atoms with van der Waals surface area (Å²) in [5.41, 5.74) is 9.36. The van der Waals surface area contributed by atoms with Gasteiger partial charge in [0.2, 0.25) is 0 Å². The molecule has 7 rings (SSSR count). The van der Waals surface area contributed by atoms with Crippen molar-refractivity contribution in [3.05, 3.63) is 65.5 Å². The Kier molecular flexibility index (Phi) is 2.03. The lowest BCUT2D eigenvalue weighted by molar-refractivity contribution is 0.495. The van der Waals surface area contributed by atoms with Crippen molar-refractivity contribution < 1.29 is 0 Å². The maximum Gasteiger partial charge on any atom is 0.0661 e. The van der Waals surface area contributed by atoms with E-state index >= 15 is 0 Å². The molecule has 0 amide bonds. The SMILES string of the molecule is C1=CC2=C(CC3C4c5c(cncc5N5c6cccnc6CC45)N23)NC1. The van der Waals surface area contributed by atoms with Crippen LogP contribution in [0, 0.1) is 0 Å². The van der Waals surface area contributed by atoms with E-state index in [0.29, 0.717) is 18.0 Å². The molecule has 2 aromatic heterocycles. The molecule has 5 heteroatoms. The molecule has 0 saturated carbocycles. The first-order valence-electron chi connectivity index (χ1n) is 9.05. The average Bonchev–Trinajstić information content (AvgIpc) is 3.35. The molecule has 0 saturated heterocycles. The second-order valence-electron chi connectivity index (χ2n) is 7.52. The Morgan fingerprint density at radius 1 is 1.04 bits per heavy atom. The number of hydrogen-bond donors (Lipinski definition) is 1. The quantitative estimate of drug-likeness (QED) is 0.806. The van der Waals surface area contributed by atoms with Gasteiger partial charge in [0.05, 0.1) is 40.8 Å². The minimum Gasteiger partial charge on any atom is -0.383 e. The third-order valence-electron chi connectivity index (χ3n) is 6.51. The molecule has 5 aliphatic rings. The van der Waals surface area contributed by atoms with E-state index in [9.17, 15) is 0 Å². The minimum atomic E-state index is 0.475. The fraction of sp³-hybridized carbons (Fsp3) is 0.300. The molecule has 1 N–H and O–H groups in total. The van der Waals surface area contributed by atoms with E-state index in [-0.39, 0.29) is 0 Å². The van der Waals surface area contributed by atoms with Crippen LogP contribution in [0.3, 0.4) is 0 Å². The summed E-state index contributed by atoms with van der Waals surface area (Å²) < 4.78 is 0. The Balaban J connectivity index is 1.45. The van der Waals surface area contributed by atoms with Crippen LogP contribution < -0.4 is 15.1 Å². The molecule has 3 unspecified atom stereocenters. The van der Waals surface area contributed by atoms with E-state index in [2.05, 4.69) is 55.7 Å². The number of rotatable bonds is 0. The number of aromatic nitrogens is 2. The van der Waals surface area contributed by atoms with Gasteiger partial charge in [0.15, 0.2) is 0 Å². The fourth-order valence-corrected chi connectivity index (χ4v) is 5.71. The zero-order valence-corrected chi connectivity index (χ0v) is 13.7. The van der Waals surface area contributed by atoms with Crippen LogP contribution in [0.4, 0.5) is 17.1 Å². The summed E-state index contributed by atoms with van der Waals surface area (Å²) in [5, 5.41) is 3.58. The number of pyridine rings is 2. The van der Waals surface area contributed by atoms with Crippen molar-refractivity contribution in [2.24, 2.45) is 0 Å². The van der Waals surface area contributed by atoms with Gasteiger partial charge in [-0.1, -0.05) is 6.08 Å². The second kappa shape index (κ2) is 4.04. The summed E-state index contributed by atoms with van der Waals surface area (Å²) in [5.74, 6) is 0.531. The maximum absolute atomic E-state index is 4.65. The molecule has 7 heterocycles. The molecule has 0 aromatic carbocycles. The molecule has 0 bridgehead atoms. The Morgan fingerprint density at radius 3 is 2.88 bits per heavy atom. The van der Waals surface area contributed by atoms with Crippen molar-refractivity contribution in [2.45, 2.75) is 30.8 Å². The van der Waals surface area contributed by atoms with Crippen LogP contribution in [0.5, 0.6) is 0 Å². The van der Waals surface area contributed by atoms with Crippen LogP contribution >= 0.6 is 0 Å². The molecule has 0 spiro atoms. The van der Waals surface area contributed by atoms with Gasteiger partial charge in [0.1, 0.15) is 0 Å². The summed E-state index contributed by atoms with van der Waals surface area (Å²) in [6.45, 7) is 0.945. The van der Waals surface area contributed by atoms with E-state index in [4.69, 9.17) is 0 Å². The predicted molar refractivity (Wildman–Crippen MR) is 95.9 cm³/mol. The summed E-state index contributed by atoms with van der Waals surface area (Å²) in [7, 11) is 0. The smallest absolute Gasteiger partial charge is 0.0661 e. The zero-order chi connectivity index (χ0) is 16.1. The number of dihydropyridines is 1. The van der Waals surface area contributed by atoms with Crippen LogP contribution in [-0.4, -0.2) is 28.6 Å². The highest BCUT2D eigenvalue weighted by atomic mass is 15.3. The Morgan fingerprint density at radius 2 is 1.92 bits per heavy atom. The summed E-state index contributed by atoms with van der Waals surface area (Å²) in [4.78, 5) is 14.3. The minimum absolute atomic E-state index is 0.475. The highest BCUT2D eigenvalue weighted by Gasteiger charge is 2.56. The van der Waals surface area contributed by atoms with Crippen molar-refractivity contribution in [3.8, 4) is 0 Å². The Hall–Kier alpha value is -2.82. The van der Waals surface area contributed by atoms with Gasteiger partial charge in [-0.2, -0.15) is 0 Å². The molecule has 2 aromatic rings. The molecular formula is C20H17N5. The van der Waals surface area contributed by atoms with Gasteiger partial charge in [-0.15, -0.1) is 0 Å². The van der Waals surface area contributed by atoms with E-state index in [1.807, 2.05) is 12.3 Å². The number of nitrogens with one attached hydrogen (secondary N) is 1. The van der Waals surface area contributed by atoms with E-state index in [0.717, 1.165) is 19.4 Å². The van der Waals surface area contributed by atoms with E-state index < -0.39 is 0 Å². The predicted octanol–water partition coefficient (Wildman–Crippen LogP) is 2.60. The first-order valence-corrected chi connectivity index (χ1v) is 9.05. The van der Waals surface area contributed by atoms with Gasteiger partial charge in [-0.25, -0.2) is 0 Å². The number of nitrogens with zero attached hydrogens (tertiary/aromatic N) is 4. The van der Waals surface area contributed by atoms with Crippen molar-refractivity contribution in [3.63, 3.8) is 0 Å². The van der Waals surface area contributed by atoms with Gasteiger partial charge < -0.3 is 15.1 Å². The number of fused-ring (bicyclic) bond motifs is 9. The molecule has 0 aliphatic carbocycles. The van der Waals surface area contributed by atoms with Crippen molar-refractivity contribution >= 4 is 17.1 Å². The van der Waals surface area contributed by atoms with Gasteiger partial charge in [0, 0.05) is 54.8 Å². The molecule has 122 valence electrons. The number of hydrogen-bond acceptors (Lipinski definition) is 5. The third-order valence-corrected chi connectivity index (χ3v) is 6.51. The van der Waals surface area contributed by atoms with Crippen LogP contribution in [0.1, 0.15) is 23.6 Å². The highest BCUT2D eigenvalue weighted by Crippen LogP contribution is 2.61. The lowest BCUT2D eigenvalue weighted by atomic mass is 9.88. The number of anilines is 3. The summed E-state index contributed by atoms with van der Waals surface area (Å²) in [6, 6.07) is 5.24. The lowest BCUT2D eigenvalue weighted by Gasteiger charge is -2.30. The van der Waals surface area contributed by atoms with Gasteiger partial charge >= 0.3 is 0 Å². The zero-order valence-electron chi connectivity index (χ0n) is 13.7. The van der Waals surface area contributed by atoms with Gasteiger partial charge in [-0.05, 0) is 18.2 Å². The fourth-order valence-electron chi connectivity index (χ4n) is 5.71. The molecule has 0 fully saturated rings. The van der Waals surface area contributed by atoms with E-state index in [1.54, 1.807) is 0 Å². The largest absolute Gasteiger partial charge is 0.383 e. The first kappa shape index (κ1) is 12.5. The molecule has 3 atom stereocenters. The van der Waals surface area contributed by atoms with Crippen molar-refractivity contribution in [1.29, 1.82) is 0 Å². The summed E-state index contributed by atoms with van der Waals surface area (Å²) in [6.07, 6.45) is 12.7. The molecule has 5 aliphatic heterocycles. The van der Waals surface area contributed by atoms with Crippen LogP contribution in [0.25, 0.3) is 0 Å². The molecule has 25 heavy (non-hydrogen) atoms. The van der Waals surface area contributed by atoms with E-state index in [1.165, 1.54) is 39.7 Å². The third kappa shape index (κ3) is 1.31. The highest BCUT2D eigenvalue weighted by molar-refractivity contribution is 5.86. The first-order chi connectivity index (χ1) is 12.4. The van der Waals surface area contributed by atoms with Gasteiger partial charge in [0.25, 0.3) is 0 Å². The van der Waals surface area contributed by atoms with Crippen LogP contribution in [0.2, 0.25) is 0 Å². The maximum atomic E-state index is 4.65. The second-order valence-corrected chi connectivity index (χ2v) is 7.52. The Bertz CT molecular complexity index is 1010. The van der Waals surface area contributed by atoms with Crippen LogP contribution in [-0.2, 0) is 6.42 Å². The van der Waals surface area contributed by atoms with Crippen molar-refractivity contribution in [2.75, 3.05) is 16.3 Å². The normalized spacial score (nSPS) is 29.4. The van der Waals surface area contributed by atoms with Crippen LogP contribution in [0.15, 0.2) is 54.3 Å².